The number of rotatable bonds is 4. The van der Waals surface area contributed by atoms with Crippen LogP contribution in [0.4, 0.5) is 5.69 Å². The van der Waals surface area contributed by atoms with E-state index in [-0.39, 0.29) is 22.1 Å². The lowest BCUT2D eigenvalue weighted by atomic mass is 10.3. The summed E-state index contributed by atoms with van der Waals surface area (Å²) in [4.78, 5) is 0.139. The van der Waals surface area contributed by atoms with Gasteiger partial charge in [-0.25, -0.2) is 8.42 Å². The average Bonchev–Trinajstić information content (AvgIpc) is 2.63. The first kappa shape index (κ1) is 15.2. The van der Waals surface area contributed by atoms with Crippen LogP contribution < -0.4 is 9.46 Å². The number of hydrogen-bond acceptors (Lipinski definition) is 5. The number of sulfonamides is 1. The molecule has 1 heterocycles. The molecule has 0 unspecified atom stereocenters. The summed E-state index contributed by atoms with van der Waals surface area (Å²) in [5.41, 5.74) is 1.20. The molecule has 0 aliphatic carbocycles. The predicted octanol–water partition coefficient (Wildman–Crippen LogP) is 1.55. The van der Waals surface area contributed by atoms with Crippen molar-refractivity contribution in [2.75, 3.05) is 11.8 Å². The van der Waals surface area contributed by atoms with Crippen LogP contribution in [0.1, 0.15) is 11.4 Å². The van der Waals surface area contributed by atoms with Gasteiger partial charge in [0.15, 0.2) is 11.5 Å². The highest BCUT2D eigenvalue weighted by atomic mass is 32.2. The molecular formula is C13H17N3O4S. The Morgan fingerprint density at radius 1 is 1.33 bits per heavy atom. The smallest absolute Gasteiger partial charge is 0.265 e. The molecule has 2 aromatic rings. The second-order valence-electron chi connectivity index (χ2n) is 4.62. The van der Waals surface area contributed by atoms with Gasteiger partial charge in [0.1, 0.15) is 4.90 Å². The lowest BCUT2D eigenvalue weighted by Crippen LogP contribution is -2.14. The van der Waals surface area contributed by atoms with E-state index in [0.29, 0.717) is 11.4 Å². The van der Waals surface area contributed by atoms with Crippen LogP contribution in [-0.2, 0) is 17.1 Å². The highest BCUT2D eigenvalue weighted by molar-refractivity contribution is 7.92. The molecule has 0 atom stereocenters. The average molecular weight is 311 g/mol. The van der Waals surface area contributed by atoms with Gasteiger partial charge in [-0.15, -0.1) is 0 Å². The summed E-state index contributed by atoms with van der Waals surface area (Å²) < 4.78 is 33.7. The Bertz CT molecular complexity index is 781. The Balaban J connectivity index is 2.40. The third-order valence-corrected chi connectivity index (χ3v) is 4.78. The Labute approximate surface area is 123 Å². The van der Waals surface area contributed by atoms with Crippen molar-refractivity contribution in [3.63, 3.8) is 0 Å². The van der Waals surface area contributed by atoms with Gasteiger partial charge < -0.3 is 9.84 Å². The van der Waals surface area contributed by atoms with Crippen LogP contribution in [0.2, 0.25) is 0 Å². The topological polar surface area (TPSA) is 93.5 Å². The molecule has 0 amide bonds. The summed E-state index contributed by atoms with van der Waals surface area (Å²) in [5.74, 6) is 0.129. The molecule has 0 aliphatic heterocycles. The van der Waals surface area contributed by atoms with Gasteiger partial charge >= 0.3 is 0 Å². The number of nitrogens with zero attached hydrogens (tertiary/aromatic N) is 2. The molecule has 0 aliphatic rings. The van der Waals surface area contributed by atoms with Crippen molar-refractivity contribution in [3.05, 3.63) is 29.6 Å². The van der Waals surface area contributed by atoms with Gasteiger partial charge in [0, 0.05) is 13.1 Å². The highest BCUT2D eigenvalue weighted by Crippen LogP contribution is 2.30. The Morgan fingerprint density at radius 2 is 2.00 bits per heavy atom. The zero-order chi connectivity index (χ0) is 15.8. The summed E-state index contributed by atoms with van der Waals surface area (Å²) >= 11 is 0. The number of anilines is 1. The molecule has 0 spiro atoms. The molecule has 1 aromatic heterocycles. The van der Waals surface area contributed by atoms with E-state index in [2.05, 4.69) is 9.82 Å². The third kappa shape index (κ3) is 2.80. The fourth-order valence-corrected chi connectivity index (χ4v) is 3.59. The van der Waals surface area contributed by atoms with Crippen molar-refractivity contribution >= 4 is 15.7 Å². The molecule has 7 nitrogen and oxygen atoms in total. The Kier molecular flexibility index (Phi) is 3.82. The standard InChI is InChI=1S/C13H17N3O4S/c1-8-13(9(2)16(3)14-8)21(18,19)15-10-5-6-12(20-4)11(17)7-10/h5-7,15,17H,1-4H3. The van der Waals surface area contributed by atoms with Gasteiger partial charge in [-0.1, -0.05) is 0 Å². The van der Waals surface area contributed by atoms with Crippen LogP contribution in [0.15, 0.2) is 23.1 Å². The van der Waals surface area contributed by atoms with Gasteiger partial charge in [-0.05, 0) is 26.0 Å². The molecular weight excluding hydrogens is 294 g/mol. The first-order chi connectivity index (χ1) is 9.76. The molecule has 0 saturated heterocycles. The molecule has 0 fully saturated rings. The van der Waals surface area contributed by atoms with Crippen LogP contribution >= 0.6 is 0 Å². The van der Waals surface area contributed by atoms with E-state index < -0.39 is 10.0 Å². The maximum Gasteiger partial charge on any atom is 0.265 e. The summed E-state index contributed by atoms with van der Waals surface area (Å²) in [6.45, 7) is 3.31. The van der Waals surface area contributed by atoms with Crippen LogP contribution in [0.3, 0.4) is 0 Å². The van der Waals surface area contributed by atoms with E-state index in [1.54, 1.807) is 20.9 Å². The number of phenolic OH excluding ortho intramolecular Hbond substituents is 1. The molecule has 2 rings (SSSR count). The van der Waals surface area contributed by atoms with Crippen molar-refractivity contribution in [1.82, 2.24) is 9.78 Å². The Morgan fingerprint density at radius 3 is 2.48 bits per heavy atom. The van der Waals surface area contributed by atoms with E-state index in [0.717, 1.165) is 0 Å². The van der Waals surface area contributed by atoms with Gasteiger partial charge in [0.2, 0.25) is 0 Å². The fraction of sp³-hybridized carbons (Fsp3) is 0.308. The van der Waals surface area contributed by atoms with E-state index in [1.807, 2.05) is 0 Å². The lowest BCUT2D eigenvalue weighted by molar-refractivity contribution is 0.373. The van der Waals surface area contributed by atoms with Gasteiger partial charge in [-0.2, -0.15) is 5.10 Å². The summed E-state index contributed by atoms with van der Waals surface area (Å²) in [5, 5.41) is 13.8. The number of phenols is 1. The fourth-order valence-electron chi connectivity index (χ4n) is 2.10. The van der Waals surface area contributed by atoms with Crippen molar-refractivity contribution in [1.29, 1.82) is 0 Å². The number of aromatic nitrogens is 2. The number of ether oxygens (including phenoxy) is 1. The molecule has 0 radical (unpaired) electrons. The normalized spacial score (nSPS) is 11.4. The minimum atomic E-state index is -3.78. The molecule has 8 heteroatoms. The van der Waals surface area contributed by atoms with E-state index in [1.165, 1.54) is 30.0 Å². The van der Waals surface area contributed by atoms with Gasteiger partial charge in [-0.3, -0.25) is 9.40 Å². The zero-order valence-electron chi connectivity index (χ0n) is 12.2. The number of hydrogen-bond donors (Lipinski definition) is 2. The first-order valence-electron chi connectivity index (χ1n) is 6.16. The summed E-state index contributed by atoms with van der Waals surface area (Å²) in [7, 11) is -0.676. The minimum Gasteiger partial charge on any atom is -0.504 e. The van der Waals surface area contributed by atoms with E-state index in [9.17, 15) is 13.5 Å². The lowest BCUT2D eigenvalue weighted by Gasteiger charge is -2.10. The molecule has 21 heavy (non-hydrogen) atoms. The largest absolute Gasteiger partial charge is 0.504 e. The van der Waals surface area contributed by atoms with E-state index in [4.69, 9.17) is 4.74 Å². The molecule has 0 saturated carbocycles. The highest BCUT2D eigenvalue weighted by Gasteiger charge is 2.24. The van der Waals surface area contributed by atoms with Gasteiger partial charge in [0.25, 0.3) is 10.0 Å². The van der Waals surface area contributed by atoms with Crippen LogP contribution in [-0.4, -0.2) is 30.4 Å². The van der Waals surface area contributed by atoms with Crippen molar-refractivity contribution in [3.8, 4) is 11.5 Å². The number of benzene rings is 1. The van der Waals surface area contributed by atoms with Crippen LogP contribution in [0, 0.1) is 13.8 Å². The summed E-state index contributed by atoms with van der Waals surface area (Å²) in [6, 6.07) is 4.28. The zero-order valence-corrected chi connectivity index (χ0v) is 13.0. The maximum absolute atomic E-state index is 12.4. The molecule has 1 aromatic carbocycles. The van der Waals surface area contributed by atoms with Gasteiger partial charge in [0.05, 0.1) is 24.2 Å². The minimum absolute atomic E-state index is 0.139. The van der Waals surface area contributed by atoms with Crippen molar-refractivity contribution in [2.24, 2.45) is 7.05 Å². The second-order valence-corrected chi connectivity index (χ2v) is 6.23. The number of aromatic hydroxyl groups is 1. The number of aryl methyl sites for hydroxylation is 2. The molecule has 114 valence electrons. The van der Waals surface area contributed by atoms with Crippen molar-refractivity contribution < 1.29 is 18.3 Å². The molecule has 2 N–H and O–H groups in total. The quantitative estimate of drug-likeness (QED) is 0.893. The number of nitrogens with one attached hydrogen (secondary N) is 1. The van der Waals surface area contributed by atoms with Crippen LogP contribution in [0.25, 0.3) is 0 Å². The monoisotopic (exact) mass is 311 g/mol. The molecule has 0 bridgehead atoms. The summed E-state index contributed by atoms with van der Waals surface area (Å²) in [6.07, 6.45) is 0. The SMILES string of the molecule is COc1ccc(NS(=O)(=O)c2c(C)nn(C)c2C)cc1O. The maximum atomic E-state index is 12.4. The predicted molar refractivity (Wildman–Crippen MR) is 78.1 cm³/mol. The third-order valence-electron chi connectivity index (χ3n) is 3.14. The first-order valence-corrected chi connectivity index (χ1v) is 7.64. The van der Waals surface area contributed by atoms with Crippen molar-refractivity contribution in [2.45, 2.75) is 18.7 Å². The Hall–Kier alpha value is -2.22. The second kappa shape index (κ2) is 5.28. The van der Waals surface area contributed by atoms with E-state index >= 15 is 0 Å². The number of methoxy groups -OCH3 is 1. The van der Waals surface area contributed by atoms with Crippen LogP contribution in [0.5, 0.6) is 11.5 Å².